The van der Waals surface area contributed by atoms with Crippen LogP contribution in [0.4, 0.5) is 0 Å². The first-order chi connectivity index (χ1) is 4.31. The van der Waals surface area contributed by atoms with Crippen LogP contribution in [-0.2, 0) is 0 Å². The van der Waals surface area contributed by atoms with Crippen molar-refractivity contribution in [3.05, 3.63) is 0 Å². The molecule has 52 valence electrons. The highest BCUT2D eigenvalue weighted by atomic mass is 14.2. The lowest BCUT2D eigenvalue weighted by molar-refractivity contribution is 0.493. The van der Waals surface area contributed by atoms with Crippen LogP contribution in [-0.4, -0.2) is 0 Å². The summed E-state index contributed by atoms with van der Waals surface area (Å²) in [4.78, 5) is 0. The minimum Gasteiger partial charge on any atom is -0.198 e. The molecule has 0 aromatic heterocycles. The van der Waals surface area contributed by atoms with Crippen LogP contribution in [0.25, 0.3) is 0 Å². The van der Waals surface area contributed by atoms with Crippen LogP contribution < -0.4 is 0 Å². The molecule has 0 saturated carbocycles. The molecule has 0 saturated heterocycles. The van der Waals surface area contributed by atoms with Gasteiger partial charge in [0, 0.05) is 6.42 Å². The van der Waals surface area contributed by atoms with Gasteiger partial charge < -0.3 is 0 Å². The van der Waals surface area contributed by atoms with E-state index in [-0.39, 0.29) is 0 Å². The predicted molar refractivity (Wildman–Crippen MR) is 38.9 cm³/mol. The fraction of sp³-hybridized carbons (Fsp3) is 0.875. The summed E-state index contributed by atoms with van der Waals surface area (Å²) in [6.07, 6.45) is 4.31. The molecule has 0 fully saturated rings. The number of nitrogens with zero attached hydrogens (tertiary/aromatic N) is 1. The van der Waals surface area contributed by atoms with Crippen molar-refractivity contribution in [2.75, 3.05) is 0 Å². The standard InChI is InChI=1S/C8H15N/c1-3-5-8(2)6-4-7-9/h8H,3-6H2,1-2H3. The lowest BCUT2D eigenvalue weighted by Gasteiger charge is -2.04. The van der Waals surface area contributed by atoms with Gasteiger partial charge >= 0.3 is 0 Å². The topological polar surface area (TPSA) is 23.8 Å². The molecule has 0 aromatic carbocycles. The lowest BCUT2D eigenvalue weighted by atomic mass is 10.0. The van der Waals surface area contributed by atoms with Crippen molar-refractivity contribution in [3.63, 3.8) is 0 Å². The molecule has 0 aliphatic rings. The Balaban J connectivity index is 3.07. The van der Waals surface area contributed by atoms with Gasteiger partial charge in [0.15, 0.2) is 0 Å². The molecule has 1 heteroatoms. The van der Waals surface area contributed by atoms with E-state index >= 15 is 0 Å². The molecule has 0 bridgehead atoms. The van der Waals surface area contributed by atoms with E-state index in [0.29, 0.717) is 0 Å². The Bertz CT molecular complexity index is 91.2. The van der Waals surface area contributed by atoms with E-state index in [1.54, 1.807) is 0 Å². The van der Waals surface area contributed by atoms with Crippen LogP contribution in [0.1, 0.15) is 39.5 Å². The zero-order valence-corrected chi connectivity index (χ0v) is 6.35. The Hall–Kier alpha value is -0.510. The average Bonchev–Trinajstić information content (AvgIpc) is 1.85. The van der Waals surface area contributed by atoms with Crippen molar-refractivity contribution in [2.24, 2.45) is 5.92 Å². The van der Waals surface area contributed by atoms with Crippen LogP contribution in [0, 0.1) is 17.2 Å². The number of nitriles is 1. The zero-order valence-electron chi connectivity index (χ0n) is 6.35. The molecule has 0 N–H and O–H groups in total. The Kier molecular flexibility index (Phi) is 5.30. The second kappa shape index (κ2) is 5.62. The normalized spacial score (nSPS) is 12.6. The highest BCUT2D eigenvalue weighted by Crippen LogP contribution is 2.10. The van der Waals surface area contributed by atoms with Gasteiger partial charge in [0.25, 0.3) is 0 Å². The molecule has 0 aliphatic carbocycles. The third kappa shape index (κ3) is 5.36. The van der Waals surface area contributed by atoms with E-state index in [0.717, 1.165) is 18.8 Å². The first-order valence-electron chi connectivity index (χ1n) is 3.68. The largest absolute Gasteiger partial charge is 0.198 e. The molecule has 0 rings (SSSR count). The molecule has 1 unspecified atom stereocenters. The van der Waals surface area contributed by atoms with Crippen LogP contribution >= 0.6 is 0 Å². The monoisotopic (exact) mass is 125 g/mol. The van der Waals surface area contributed by atoms with Gasteiger partial charge in [0.05, 0.1) is 6.07 Å². The van der Waals surface area contributed by atoms with Crippen molar-refractivity contribution in [1.82, 2.24) is 0 Å². The fourth-order valence-electron chi connectivity index (χ4n) is 0.948. The molecule has 1 nitrogen and oxygen atoms in total. The van der Waals surface area contributed by atoms with E-state index in [2.05, 4.69) is 19.9 Å². The highest BCUT2D eigenvalue weighted by molar-refractivity contribution is 4.70. The molecule has 0 amide bonds. The quantitative estimate of drug-likeness (QED) is 0.566. The van der Waals surface area contributed by atoms with Crippen LogP contribution in [0.2, 0.25) is 0 Å². The van der Waals surface area contributed by atoms with Crippen molar-refractivity contribution in [3.8, 4) is 6.07 Å². The molecule has 0 aliphatic heterocycles. The third-order valence-electron chi connectivity index (χ3n) is 1.53. The molecule has 1 atom stereocenters. The van der Waals surface area contributed by atoms with Gasteiger partial charge in [0.1, 0.15) is 0 Å². The molecule has 0 heterocycles. The average molecular weight is 125 g/mol. The zero-order chi connectivity index (χ0) is 7.11. The molecule has 0 aromatic rings. The second-order valence-corrected chi connectivity index (χ2v) is 2.59. The minimum atomic E-state index is 0.723. The second-order valence-electron chi connectivity index (χ2n) is 2.59. The molecule has 0 spiro atoms. The van der Waals surface area contributed by atoms with Crippen LogP contribution in [0.5, 0.6) is 0 Å². The van der Waals surface area contributed by atoms with E-state index < -0.39 is 0 Å². The maximum Gasteiger partial charge on any atom is 0.0621 e. The van der Waals surface area contributed by atoms with Gasteiger partial charge in [-0.2, -0.15) is 5.26 Å². The van der Waals surface area contributed by atoms with Crippen LogP contribution in [0.15, 0.2) is 0 Å². The number of rotatable bonds is 4. The van der Waals surface area contributed by atoms with E-state index in [1.807, 2.05) is 0 Å². The number of hydrogen-bond acceptors (Lipinski definition) is 1. The lowest BCUT2D eigenvalue weighted by Crippen LogP contribution is -1.91. The summed E-state index contributed by atoms with van der Waals surface area (Å²) in [6.45, 7) is 4.39. The van der Waals surface area contributed by atoms with Gasteiger partial charge in [0.2, 0.25) is 0 Å². The van der Waals surface area contributed by atoms with Crippen LogP contribution in [0.3, 0.4) is 0 Å². The summed E-state index contributed by atoms with van der Waals surface area (Å²) in [5, 5.41) is 8.23. The van der Waals surface area contributed by atoms with Crippen molar-refractivity contribution in [2.45, 2.75) is 39.5 Å². The van der Waals surface area contributed by atoms with Gasteiger partial charge in [-0.05, 0) is 12.3 Å². The van der Waals surface area contributed by atoms with Crippen molar-refractivity contribution < 1.29 is 0 Å². The summed E-state index contributed by atoms with van der Waals surface area (Å²) in [7, 11) is 0. The summed E-state index contributed by atoms with van der Waals surface area (Å²) in [6, 6.07) is 2.16. The minimum absolute atomic E-state index is 0.723. The number of hydrogen-bond donors (Lipinski definition) is 0. The summed E-state index contributed by atoms with van der Waals surface area (Å²) < 4.78 is 0. The van der Waals surface area contributed by atoms with Crippen molar-refractivity contribution in [1.29, 1.82) is 5.26 Å². The third-order valence-corrected chi connectivity index (χ3v) is 1.53. The first-order valence-corrected chi connectivity index (χ1v) is 3.68. The maximum absolute atomic E-state index is 8.23. The van der Waals surface area contributed by atoms with Gasteiger partial charge in [-0.3, -0.25) is 0 Å². The molecular formula is C8H15N. The van der Waals surface area contributed by atoms with E-state index in [9.17, 15) is 0 Å². The molecule has 0 radical (unpaired) electrons. The smallest absolute Gasteiger partial charge is 0.0621 e. The Morgan fingerprint density at radius 1 is 1.44 bits per heavy atom. The summed E-state index contributed by atoms with van der Waals surface area (Å²) in [5.41, 5.74) is 0. The Morgan fingerprint density at radius 3 is 2.56 bits per heavy atom. The highest BCUT2D eigenvalue weighted by Gasteiger charge is 1.97. The van der Waals surface area contributed by atoms with Crippen molar-refractivity contribution >= 4 is 0 Å². The van der Waals surface area contributed by atoms with Gasteiger partial charge in [-0.15, -0.1) is 0 Å². The first kappa shape index (κ1) is 8.49. The Labute approximate surface area is 57.7 Å². The predicted octanol–water partition coefficient (Wildman–Crippen LogP) is 2.73. The molecular weight excluding hydrogens is 110 g/mol. The SMILES string of the molecule is CCCC(C)CCC#N. The Morgan fingerprint density at radius 2 is 2.11 bits per heavy atom. The maximum atomic E-state index is 8.23. The van der Waals surface area contributed by atoms with Gasteiger partial charge in [-0.25, -0.2) is 0 Å². The van der Waals surface area contributed by atoms with E-state index in [4.69, 9.17) is 5.26 Å². The summed E-state index contributed by atoms with van der Waals surface area (Å²) in [5.74, 6) is 0.745. The fourth-order valence-corrected chi connectivity index (χ4v) is 0.948. The van der Waals surface area contributed by atoms with E-state index in [1.165, 1.54) is 12.8 Å². The van der Waals surface area contributed by atoms with Gasteiger partial charge in [-0.1, -0.05) is 26.7 Å². The molecule has 9 heavy (non-hydrogen) atoms. The summed E-state index contributed by atoms with van der Waals surface area (Å²) >= 11 is 0.